The van der Waals surface area contributed by atoms with Crippen LogP contribution in [0.3, 0.4) is 0 Å². The monoisotopic (exact) mass is 339 g/mol. The van der Waals surface area contributed by atoms with Crippen LogP contribution in [0.5, 0.6) is 0 Å². The molecule has 4 heteroatoms. The summed E-state index contributed by atoms with van der Waals surface area (Å²) in [5.41, 5.74) is 4.60. The predicted molar refractivity (Wildman–Crippen MR) is 88.5 cm³/mol. The van der Waals surface area contributed by atoms with Gasteiger partial charge in [0.25, 0.3) is 0 Å². The van der Waals surface area contributed by atoms with E-state index in [1.807, 2.05) is 0 Å². The van der Waals surface area contributed by atoms with Gasteiger partial charge < -0.3 is 4.90 Å². The molecule has 112 valence electrons. The third-order valence-electron chi connectivity index (χ3n) is 4.84. The maximum Gasteiger partial charge on any atom is 0.0435 e. The van der Waals surface area contributed by atoms with Gasteiger partial charge in [0.2, 0.25) is 0 Å². The SMILES string of the molecule is CN(C)C1(C(Cc2ccccc2Br)NN)CCCCC1. The molecule has 0 heterocycles. The Kier molecular flexibility index (Phi) is 5.61. The van der Waals surface area contributed by atoms with Crippen LogP contribution in [-0.4, -0.2) is 30.6 Å². The molecule has 0 spiro atoms. The van der Waals surface area contributed by atoms with Crippen LogP contribution in [0.2, 0.25) is 0 Å². The number of halogens is 1. The Balaban J connectivity index is 2.23. The fourth-order valence-electron chi connectivity index (χ4n) is 3.56. The van der Waals surface area contributed by atoms with Crippen molar-refractivity contribution in [1.29, 1.82) is 0 Å². The molecule has 2 rings (SSSR count). The summed E-state index contributed by atoms with van der Waals surface area (Å²) in [5.74, 6) is 5.93. The van der Waals surface area contributed by atoms with Gasteiger partial charge in [0.05, 0.1) is 0 Å². The fraction of sp³-hybridized carbons (Fsp3) is 0.625. The summed E-state index contributed by atoms with van der Waals surface area (Å²) in [6.07, 6.45) is 7.34. The van der Waals surface area contributed by atoms with E-state index in [0.717, 1.165) is 6.42 Å². The smallest absolute Gasteiger partial charge is 0.0435 e. The number of nitrogens with two attached hydrogens (primary N) is 1. The number of hydrogen-bond acceptors (Lipinski definition) is 3. The van der Waals surface area contributed by atoms with E-state index in [9.17, 15) is 0 Å². The molecule has 1 atom stereocenters. The highest BCUT2D eigenvalue weighted by atomic mass is 79.9. The molecule has 0 radical (unpaired) electrons. The standard InChI is InChI=1S/C16H26BrN3/c1-20(2)16(10-6-3-7-11-16)15(19-18)12-13-8-4-5-9-14(13)17/h4-5,8-9,15,19H,3,6-7,10-12,18H2,1-2H3. The molecule has 1 aliphatic rings. The van der Waals surface area contributed by atoms with Crippen LogP contribution in [0.1, 0.15) is 37.7 Å². The molecule has 0 amide bonds. The first-order chi connectivity index (χ1) is 9.60. The predicted octanol–water partition coefficient (Wildman–Crippen LogP) is 3.09. The van der Waals surface area contributed by atoms with E-state index in [4.69, 9.17) is 5.84 Å². The molecule has 0 aromatic heterocycles. The summed E-state index contributed by atoms with van der Waals surface area (Å²) < 4.78 is 1.17. The van der Waals surface area contributed by atoms with Gasteiger partial charge in [0.1, 0.15) is 0 Å². The first-order valence-corrected chi connectivity index (χ1v) is 8.26. The lowest BCUT2D eigenvalue weighted by Crippen LogP contribution is -2.62. The highest BCUT2D eigenvalue weighted by molar-refractivity contribution is 9.10. The molecular formula is C16H26BrN3. The van der Waals surface area contributed by atoms with Crippen LogP contribution in [0.15, 0.2) is 28.7 Å². The van der Waals surface area contributed by atoms with Crippen molar-refractivity contribution in [3.8, 4) is 0 Å². The van der Waals surface area contributed by atoms with Gasteiger partial charge in [-0.05, 0) is 45.0 Å². The minimum atomic E-state index is 0.169. The van der Waals surface area contributed by atoms with Gasteiger partial charge in [0.15, 0.2) is 0 Å². The molecule has 1 fully saturated rings. The lowest BCUT2D eigenvalue weighted by Gasteiger charge is -2.48. The van der Waals surface area contributed by atoms with Crippen molar-refractivity contribution in [1.82, 2.24) is 10.3 Å². The van der Waals surface area contributed by atoms with E-state index in [1.165, 1.54) is 42.1 Å². The minimum absolute atomic E-state index is 0.169. The quantitative estimate of drug-likeness (QED) is 0.639. The van der Waals surface area contributed by atoms with Crippen molar-refractivity contribution in [3.05, 3.63) is 34.3 Å². The van der Waals surface area contributed by atoms with Gasteiger partial charge in [0, 0.05) is 16.1 Å². The lowest BCUT2D eigenvalue weighted by atomic mass is 9.73. The van der Waals surface area contributed by atoms with Gasteiger partial charge in [-0.15, -0.1) is 0 Å². The molecular weight excluding hydrogens is 314 g/mol. The number of nitrogens with zero attached hydrogens (tertiary/aromatic N) is 1. The Labute approximate surface area is 131 Å². The maximum absolute atomic E-state index is 5.93. The van der Waals surface area contributed by atoms with E-state index >= 15 is 0 Å². The van der Waals surface area contributed by atoms with E-state index in [2.05, 4.69) is 64.6 Å². The van der Waals surface area contributed by atoms with E-state index in [0.29, 0.717) is 0 Å². The van der Waals surface area contributed by atoms with Crippen molar-refractivity contribution in [3.63, 3.8) is 0 Å². The van der Waals surface area contributed by atoms with E-state index in [-0.39, 0.29) is 11.6 Å². The zero-order valence-corrected chi connectivity index (χ0v) is 14.1. The largest absolute Gasteiger partial charge is 0.302 e. The summed E-state index contributed by atoms with van der Waals surface area (Å²) in [4.78, 5) is 2.38. The first-order valence-electron chi connectivity index (χ1n) is 7.47. The van der Waals surface area contributed by atoms with Crippen molar-refractivity contribution in [2.75, 3.05) is 14.1 Å². The molecule has 3 nitrogen and oxygen atoms in total. The Morgan fingerprint density at radius 2 is 1.90 bits per heavy atom. The van der Waals surface area contributed by atoms with E-state index in [1.54, 1.807) is 0 Å². The normalized spacial score (nSPS) is 20.1. The molecule has 20 heavy (non-hydrogen) atoms. The molecule has 1 aromatic rings. The second-order valence-corrected chi connectivity index (χ2v) is 6.93. The minimum Gasteiger partial charge on any atom is -0.302 e. The highest BCUT2D eigenvalue weighted by Gasteiger charge is 2.41. The number of hydrogen-bond donors (Lipinski definition) is 2. The Hall–Kier alpha value is -0.420. The van der Waals surface area contributed by atoms with Gasteiger partial charge in [-0.1, -0.05) is 53.4 Å². The molecule has 1 unspecified atom stereocenters. The Morgan fingerprint density at radius 1 is 1.25 bits per heavy atom. The van der Waals surface area contributed by atoms with Crippen molar-refractivity contribution in [2.24, 2.45) is 5.84 Å². The van der Waals surface area contributed by atoms with E-state index < -0.39 is 0 Å². The van der Waals surface area contributed by atoms with Crippen LogP contribution in [0.4, 0.5) is 0 Å². The summed E-state index contributed by atoms with van der Waals surface area (Å²) in [5, 5.41) is 0. The molecule has 0 bridgehead atoms. The van der Waals surface area contributed by atoms with Crippen molar-refractivity contribution < 1.29 is 0 Å². The van der Waals surface area contributed by atoms with Crippen LogP contribution >= 0.6 is 15.9 Å². The topological polar surface area (TPSA) is 41.3 Å². The van der Waals surface area contributed by atoms with Gasteiger partial charge in [-0.3, -0.25) is 11.3 Å². The molecule has 1 saturated carbocycles. The summed E-state index contributed by atoms with van der Waals surface area (Å²) >= 11 is 3.65. The second kappa shape index (κ2) is 7.03. The average molecular weight is 340 g/mol. The van der Waals surface area contributed by atoms with Crippen LogP contribution in [0.25, 0.3) is 0 Å². The molecule has 1 aliphatic carbocycles. The lowest BCUT2D eigenvalue weighted by molar-refractivity contribution is 0.0568. The molecule has 0 aliphatic heterocycles. The summed E-state index contributed by atoms with van der Waals surface area (Å²) in [6.45, 7) is 0. The van der Waals surface area contributed by atoms with Gasteiger partial charge in [-0.25, -0.2) is 0 Å². The Bertz CT molecular complexity index is 427. The van der Waals surface area contributed by atoms with Crippen LogP contribution < -0.4 is 11.3 Å². The van der Waals surface area contributed by atoms with Gasteiger partial charge >= 0.3 is 0 Å². The number of nitrogens with one attached hydrogen (secondary N) is 1. The van der Waals surface area contributed by atoms with Crippen LogP contribution in [-0.2, 0) is 6.42 Å². The molecule has 3 N–H and O–H groups in total. The first kappa shape index (κ1) is 16.0. The highest BCUT2D eigenvalue weighted by Crippen LogP contribution is 2.36. The average Bonchev–Trinajstić information content (AvgIpc) is 2.47. The van der Waals surface area contributed by atoms with Crippen LogP contribution in [0, 0.1) is 0 Å². The van der Waals surface area contributed by atoms with Crippen molar-refractivity contribution >= 4 is 15.9 Å². The summed E-state index contributed by atoms with van der Waals surface area (Å²) in [7, 11) is 4.38. The third kappa shape index (κ3) is 3.25. The number of hydrazine groups is 1. The van der Waals surface area contributed by atoms with Gasteiger partial charge in [-0.2, -0.15) is 0 Å². The number of likely N-dealkylation sites (N-methyl/N-ethyl adjacent to an activating group) is 1. The maximum atomic E-state index is 5.93. The molecule has 0 saturated heterocycles. The molecule has 1 aromatic carbocycles. The fourth-order valence-corrected chi connectivity index (χ4v) is 4.01. The summed E-state index contributed by atoms with van der Waals surface area (Å²) in [6, 6.07) is 8.71. The second-order valence-electron chi connectivity index (χ2n) is 6.07. The zero-order chi connectivity index (χ0) is 14.6. The van der Waals surface area contributed by atoms with Crippen molar-refractivity contribution in [2.45, 2.75) is 50.1 Å². The Morgan fingerprint density at radius 3 is 2.45 bits per heavy atom. The number of benzene rings is 1. The zero-order valence-electron chi connectivity index (χ0n) is 12.5. The third-order valence-corrected chi connectivity index (χ3v) is 5.62. The number of rotatable bonds is 5.